The van der Waals surface area contributed by atoms with Gasteiger partial charge in [-0.3, -0.25) is 9.78 Å². The molecule has 0 saturated carbocycles. The standard InChI is InChI=1S/C10H13ClN2O/c1-2-3-7-4-8(5-11)13-6-9(7)10(12)14/h4,6H,2-3,5H2,1H3,(H2,12,14). The highest BCUT2D eigenvalue weighted by atomic mass is 35.5. The zero-order chi connectivity index (χ0) is 10.6. The molecular formula is C10H13ClN2O. The summed E-state index contributed by atoms with van der Waals surface area (Å²) < 4.78 is 0. The highest BCUT2D eigenvalue weighted by Crippen LogP contribution is 2.12. The van der Waals surface area contributed by atoms with Crippen LogP contribution in [0.4, 0.5) is 0 Å². The van der Waals surface area contributed by atoms with Crippen LogP contribution in [0.2, 0.25) is 0 Å². The number of hydrogen-bond acceptors (Lipinski definition) is 2. The van der Waals surface area contributed by atoms with Crippen LogP contribution in [0.3, 0.4) is 0 Å². The third kappa shape index (κ3) is 2.45. The number of aromatic nitrogens is 1. The Bertz CT molecular complexity index is 339. The molecule has 0 fully saturated rings. The van der Waals surface area contributed by atoms with Gasteiger partial charge in [0.25, 0.3) is 5.91 Å². The van der Waals surface area contributed by atoms with Crippen LogP contribution in [0.1, 0.15) is 35.0 Å². The molecule has 1 amide bonds. The van der Waals surface area contributed by atoms with Crippen molar-refractivity contribution in [1.82, 2.24) is 4.98 Å². The van der Waals surface area contributed by atoms with Crippen molar-refractivity contribution in [3.8, 4) is 0 Å². The van der Waals surface area contributed by atoms with Crippen molar-refractivity contribution in [2.75, 3.05) is 0 Å². The van der Waals surface area contributed by atoms with E-state index in [0.29, 0.717) is 11.4 Å². The summed E-state index contributed by atoms with van der Waals surface area (Å²) in [5.74, 6) is -0.0717. The summed E-state index contributed by atoms with van der Waals surface area (Å²) in [5.41, 5.74) is 7.44. The molecule has 0 bridgehead atoms. The van der Waals surface area contributed by atoms with Gasteiger partial charge in [0.2, 0.25) is 0 Å². The van der Waals surface area contributed by atoms with E-state index < -0.39 is 5.91 Å². The Morgan fingerprint density at radius 2 is 2.36 bits per heavy atom. The Labute approximate surface area is 88.3 Å². The second kappa shape index (κ2) is 4.96. The van der Waals surface area contributed by atoms with Gasteiger partial charge >= 0.3 is 0 Å². The molecule has 0 spiro atoms. The summed E-state index contributed by atoms with van der Waals surface area (Å²) in [5, 5.41) is 0. The molecule has 0 radical (unpaired) electrons. The molecule has 1 aromatic heterocycles. The quantitative estimate of drug-likeness (QED) is 0.775. The fraction of sp³-hybridized carbons (Fsp3) is 0.400. The zero-order valence-corrected chi connectivity index (χ0v) is 8.84. The van der Waals surface area contributed by atoms with Gasteiger partial charge in [-0.15, -0.1) is 11.6 Å². The number of alkyl halides is 1. The number of carbonyl (C=O) groups excluding carboxylic acids is 1. The molecule has 3 nitrogen and oxygen atoms in total. The Morgan fingerprint density at radius 3 is 2.86 bits per heavy atom. The highest BCUT2D eigenvalue weighted by molar-refractivity contribution is 6.16. The second-order valence-electron chi connectivity index (χ2n) is 3.08. The summed E-state index contributed by atoms with van der Waals surface area (Å²) in [6, 6.07) is 1.84. The van der Waals surface area contributed by atoms with Gasteiger partial charge in [-0.25, -0.2) is 0 Å². The second-order valence-corrected chi connectivity index (χ2v) is 3.35. The van der Waals surface area contributed by atoms with Crippen LogP contribution in [0.5, 0.6) is 0 Å². The van der Waals surface area contributed by atoms with Gasteiger partial charge in [-0.2, -0.15) is 0 Å². The summed E-state index contributed by atoms with van der Waals surface area (Å²) >= 11 is 5.65. The van der Waals surface area contributed by atoms with Crippen LogP contribution >= 0.6 is 11.6 Å². The van der Waals surface area contributed by atoms with Crippen LogP contribution < -0.4 is 5.73 Å². The van der Waals surface area contributed by atoms with Crippen LogP contribution in [-0.2, 0) is 12.3 Å². The van der Waals surface area contributed by atoms with Gasteiger partial charge < -0.3 is 5.73 Å². The van der Waals surface area contributed by atoms with Crippen molar-refractivity contribution in [3.63, 3.8) is 0 Å². The van der Waals surface area contributed by atoms with Crippen LogP contribution in [0.25, 0.3) is 0 Å². The van der Waals surface area contributed by atoms with E-state index in [0.717, 1.165) is 24.1 Å². The molecule has 0 saturated heterocycles. The first-order valence-electron chi connectivity index (χ1n) is 4.52. The lowest BCUT2D eigenvalue weighted by Gasteiger charge is -2.06. The van der Waals surface area contributed by atoms with E-state index in [2.05, 4.69) is 4.98 Å². The van der Waals surface area contributed by atoms with E-state index in [9.17, 15) is 4.79 Å². The largest absolute Gasteiger partial charge is 0.366 e. The molecule has 0 aliphatic rings. The maximum absolute atomic E-state index is 11.0. The van der Waals surface area contributed by atoms with Crippen molar-refractivity contribution < 1.29 is 4.79 Å². The number of primary amides is 1. The monoisotopic (exact) mass is 212 g/mol. The van der Waals surface area contributed by atoms with Gasteiger partial charge in [0.15, 0.2) is 0 Å². The van der Waals surface area contributed by atoms with E-state index in [1.54, 1.807) is 0 Å². The Balaban J connectivity index is 3.10. The third-order valence-electron chi connectivity index (χ3n) is 1.97. The normalized spacial score (nSPS) is 10.1. The van der Waals surface area contributed by atoms with Gasteiger partial charge in [-0.1, -0.05) is 13.3 Å². The number of carbonyl (C=O) groups is 1. The van der Waals surface area contributed by atoms with Crippen molar-refractivity contribution in [3.05, 3.63) is 29.1 Å². The topological polar surface area (TPSA) is 56.0 Å². The maximum atomic E-state index is 11.0. The summed E-state index contributed by atoms with van der Waals surface area (Å²) in [6.45, 7) is 2.05. The number of rotatable bonds is 4. The first-order valence-corrected chi connectivity index (χ1v) is 5.06. The van der Waals surface area contributed by atoms with Gasteiger partial charge in [0.1, 0.15) is 0 Å². The Hall–Kier alpha value is -1.09. The SMILES string of the molecule is CCCc1cc(CCl)ncc1C(N)=O. The molecule has 1 aromatic rings. The van der Waals surface area contributed by atoms with Crippen LogP contribution in [0.15, 0.2) is 12.3 Å². The number of pyridine rings is 1. The minimum absolute atomic E-state index is 0.357. The lowest BCUT2D eigenvalue weighted by atomic mass is 10.0. The molecule has 0 atom stereocenters. The lowest BCUT2D eigenvalue weighted by molar-refractivity contribution is 0.0999. The molecule has 4 heteroatoms. The summed E-state index contributed by atoms with van der Waals surface area (Å²) in [6.07, 6.45) is 3.29. The average molecular weight is 213 g/mol. The van der Waals surface area contributed by atoms with E-state index in [4.69, 9.17) is 17.3 Å². The summed E-state index contributed by atoms with van der Waals surface area (Å²) in [4.78, 5) is 15.1. The molecule has 0 aliphatic heterocycles. The molecular weight excluding hydrogens is 200 g/mol. The molecule has 1 heterocycles. The molecule has 14 heavy (non-hydrogen) atoms. The fourth-order valence-electron chi connectivity index (χ4n) is 1.32. The van der Waals surface area contributed by atoms with E-state index in [-0.39, 0.29) is 0 Å². The predicted molar refractivity (Wildman–Crippen MR) is 56.3 cm³/mol. The summed E-state index contributed by atoms with van der Waals surface area (Å²) in [7, 11) is 0. The average Bonchev–Trinajstić information content (AvgIpc) is 2.17. The van der Waals surface area contributed by atoms with Gasteiger partial charge in [-0.05, 0) is 18.1 Å². The fourth-order valence-corrected chi connectivity index (χ4v) is 1.46. The number of aryl methyl sites for hydroxylation is 1. The van der Waals surface area contributed by atoms with E-state index in [1.807, 2.05) is 13.0 Å². The Morgan fingerprint density at radius 1 is 1.64 bits per heavy atom. The first-order chi connectivity index (χ1) is 6.69. The van der Waals surface area contributed by atoms with E-state index in [1.165, 1.54) is 6.20 Å². The van der Waals surface area contributed by atoms with Crippen molar-refractivity contribution in [2.24, 2.45) is 5.73 Å². The van der Waals surface area contributed by atoms with Crippen LogP contribution in [0, 0.1) is 0 Å². The lowest BCUT2D eigenvalue weighted by Crippen LogP contribution is -2.14. The van der Waals surface area contributed by atoms with E-state index >= 15 is 0 Å². The van der Waals surface area contributed by atoms with Crippen LogP contribution in [-0.4, -0.2) is 10.9 Å². The number of nitrogens with zero attached hydrogens (tertiary/aromatic N) is 1. The van der Waals surface area contributed by atoms with Gasteiger partial charge in [0, 0.05) is 6.20 Å². The molecule has 1 rings (SSSR count). The third-order valence-corrected chi connectivity index (χ3v) is 2.24. The smallest absolute Gasteiger partial charge is 0.250 e. The molecule has 0 aromatic carbocycles. The number of halogens is 1. The Kier molecular flexibility index (Phi) is 3.89. The maximum Gasteiger partial charge on any atom is 0.250 e. The zero-order valence-electron chi connectivity index (χ0n) is 8.09. The minimum Gasteiger partial charge on any atom is -0.366 e. The minimum atomic E-state index is -0.429. The molecule has 0 aliphatic carbocycles. The van der Waals surface area contributed by atoms with Crippen molar-refractivity contribution in [1.29, 1.82) is 0 Å². The molecule has 76 valence electrons. The predicted octanol–water partition coefficient (Wildman–Crippen LogP) is 1.87. The van der Waals surface area contributed by atoms with Crippen molar-refractivity contribution in [2.45, 2.75) is 25.6 Å². The first kappa shape index (κ1) is 11.0. The molecule has 2 N–H and O–H groups in total. The number of hydrogen-bond donors (Lipinski definition) is 1. The molecule has 0 unspecified atom stereocenters. The highest BCUT2D eigenvalue weighted by Gasteiger charge is 2.08. The van der Waals surface area contributed by atoms with Crippen molar-refractivity contribution >= 4 is 17.5 Å². The number of amides is 1. The number of nitrogens with two attached hydrogens (primary N) is 1. The van der Waals surface area contributed by atoms with Gasteiger partial charge in [0.05, 0.1) is 17.1 Å².